The second-order valence-corrected chi connectivity index (χ2v) is 21.3. The molecule has 14 atom stereocenters. The second-order valence-electron chi connectivity index (χ2n) is 20.4. The van der Waals surface area contributed by atoms with Crippen LogP contribution in [0.5, 0.6) is 5.75 Å². The maximum atomic E-state index is 15.2. The number of aliphatic hydroxyl groups excluding tert-OH is 7. The molecule has 14 unspecified atom stereocenters. The molecule has 1 saturated carbocycles. The third kappa shape index (κ3) is 8.91. The fourth-order valence-corrected chi connectivity index (χ4v) is 13.7. The van der Waals surface area contributed by atoms with Crippen LogP contribution in [0.25, 0.3) is 10.9 Å². The van der Waals surface area contributed by atoms with Crippen LogP contribution >= 0.6 is 0 Å². The van der Waals surface area contributed by atoms with Crippen LogP contribution in [0.2, 0.25) is 0 Å². The topological polar surface area (TPSA) is 361 Å². The number of hydrogen-bond acceptors (Lipinski definition) is 18. The van der Waals surface area contributed by atoms with Crippen LogP contribution in [0.4, 0.5) is 5.69 Å². The molecule has 14 N–H and O–H groups in total. The van der Waals surface area contributed by atoms with E-state index < -0.39 is 99.5 Å². The lowest BCUT2D eigenvalue weighted by atomic mass is 9.47. The number of H-pyrrole nitrogens is 1. The zero-order valence-electron chi connectivity index (χ0n) is 41.1. The Kier molecular flexibility index (Phi) is 15.7. The number of aromatic nitrogens is 1. The van der Waals surface area contributed by atoms with Gasteiger partial charge >= 0.3 is 16.4 Å². The summed E-state index contributed by atoms with van der Waals surface area (Å²) in [5, 5.41) is 90.1. The minimum Gasteiger partial charge on any atom is -0.496 e. The van der Waals surface area contributed by atoms with E-state index in [4.69, 9.17) is 63.4 Å². The van der Waals surface area contributed by atoms with Gasteiger partial charge in [0.15, 0.2) is 5.60 Å². The van der Waals surface area contributed by atoms with Gasteiger partial charge in [0.2, 0.25) is 0 Å². The number of carbonyl (C=O) groups is 2. The standard InChI is InChI=1S/C43H55N5O7.C6H14O6.H2O4S/c1-6-39(52)21-25-22-42(38(51)55-5,33-27(13-17-47(23-25)24-39)26-11-8-9-12-30(26)45-33)29-19-28-31(20-32(29)54-4)46(3)35-41(28)15-18-48-16-10-14-40(7-2,34(41)48)36(49)43(35,53)37(44)50;7-1-3(9)5(11)6(12)4(10)2-8;1-5(2,3)4/h8-12,14,19-20,25,34-36,45,49,52-53H,6-7,13,15-18,21-24H2,1-5H3,(H2,44,50);3-12H,1-2H2;(H2,1,2,3,4). The zero-order chi connectivity index (χ0) is 53.1. The quantitative estimate of drug-likeness (QED) is 0.0590. The minimum absolute atomic E-state index is 0.0790. The van der Waals surface area contributed by atoms with Gasteiger partial charge in [-0.25, -0.2) is 0 Å². The Morgan fingerprint density at radius 2 is 1.57 bits per heavy atom. The Morgan fingerprint density at radius 3 is 2.14 bits per heavy atom. The second kappa shape index (κ2) is 20.4. The van der Waals surface area contributed by atoms with E-state index in [1.807, 2.05) is 62.2 Å². The third-order valence-corrected chi connectivity index (χ3v) is 16.7. The number of aliphatic hydroxyl groups is 9. The number of primary amides is 1. The molecule has 1 aliphatic carbocycles. The Hall–Kier alpha value is -4.31. The number of amides is 1. The van der Waals surface area contributed by atoms with E-state index in [9.17, 15) is 20.1 Å². The number of rotatable bonds is 11. The molecule has 5 aliphatic heterocycles. The number of nitrogens with zero attached hydrogens (tertiary/aromatic N) is 3. The number of piperidine rings is 1. The lowest BCUT2D eigenvalue weighted by molar-refractivity contribution is -0.201. The number of fused-ring (bicyclic) bond motifs is 6. The molecule has 6 heterocycles. The van der Waals surface area contributed by atoms with Crippen LogP contribution in [0.3, 0.4) is 0 Å². The third-order valence-electron chi connectivity index (χ3n) is 16.7. The summed E-state index contributed by atoms with van der Waals surface area (Å²) in [5.41, 5.74) is 4.72. The zero-order valence-corrected chi connectivity index (χ0v) is 41.9. The molecule has 2 aromatic carbocycles. The molecule has 9 rings (SSSR count). The predicted octanol–water partition coefficient (Wildman–Crippen LogP) is -1.51. The van der Waals surface area contributed by atoms with E-state index in [1.165, 1.54) is 7.11 Å². The van der Waals surface area contributed by atoms with E-state index in [-0.39, 0.29) is 12.0 Å². The van der Waals surface area contributed by atoms with Crippen molar-refractivity contribution in [3.63, 3.8) is 0 Å². The normalized spacial score (nSPS) is 34.2. The van der Waals surface area contributed by atoms with Gasteiger partial charge in [0.05, 0.1) is 39.1 Å². The number of hydrogen-bond donors (Lipinski definition) is 13. The summed E-state index contributed by atoms with van der Waals surface area (Å²) in [6, 6.07) is 11.0. The van der Waals surface area contributed by atoms with Crippen molar-refractivity contribution in [3.05, 3.63) is 70.9 Å². The molecule has 23 heteroatoms. The molecular weight excluding hydrogens is 963 g/mol. The monoisotopic (exact) mass is 1030 g/mol. The average molecular weight is 1030 g/mol. The van der Waals surface area contributed by atoms with Crippen molar-refractivity contribution in [1.29, 1.82) is 0 Å². The van der Waals surface area contributed by atoms with Crippen molar-refractivity contribution < 1.29 is 82.5 Å². The van der Waals surface area contributed by atoms with Crippen molar-refractivity contribution >= 4 is 38.9 Å². The number of esters is 1. The molecule has 2 bridgehead atoms. The molecule has 22 nitrogen and oxygen atoms in total. The van der Waals surface area contributed by atoms with Gasteiger partial charge in [-0.15, -0.1) is 0 Å². The maximum absolute atomic E-state index is 15.2. The first kappa shape index (κ1) is 55.4. The highest BCUT2D eigenvalue weighted by Gasteiger charge is 2.78. The summed E-state index contributed by atoms with van der Waals surface area (Å²) in [4.78, 5) is 39.3. The summed E-state index contributed by atoms with van der Waals surface area (Å²) in [6.45, 7) is 5.94. The van der Waals surface area contributed by atoms with Crippen LogP contribution in [0.1, 0.15) is 68.3 Å². The number of nitrogens with one attached hydrogen (secondary N) is 1. The fraction of sp³-hybridized carbons (Fsp3) is 0.633. The number of anilines is 1. The van der Waals surface area contributed by atoms with Crippen LogP contribution < -0.4 is 15.4 Å². The first-order valence-electron chi connectivity index (χ1n) is 24.2. The van der Waals surface area contributed by atoms with Crippen LogP contribution in [0.15, 0.2) is 48.6 Å². The van der Waals surface area contributed by atoms with E-state index in [0.717, 1.165) is 46.5 Å². The van der Waals surface area contributed by atoms with Crippen LogP contribution in [-0.4, -0.2) is 211 Å². The number of ether oxygens (including phenoxy) is 2. The van der Waals surface area contributed by atoms with Gasteiger partial charge in [-0.2, -0.15) is 8.42 Å². The van der Waals surface area contributed by atoms with Crippen molar-refractivity contribution in [2.24, 2.45) is 17.1 Å². The molecule has 0 radical (unpaired) electrons. The summed E-state index contributed by atoms with van der Waals surface area (Å²) >= 11 is 0. The van der Waals surface area contributed by atoms with E-state index >= 15 is 4.79 Å². The van der Waals surface area contributed by atoms with Crippen LogP contribution in [-0.2, 0) is 42.0 Å². The Morgan fingerprint density at radius 1 is 0.931 bits per heavy atom. The maximum Gasteiger partial charge on any atom is 0.394 e. The molecule has 72 heavy (non-hydrogen) atoms. The highest BCUT2D eigenvalue weighted by Crippen LogP contribution is 2.67. The average Bonchev–Trinajstić information content (AvgIpc) is 4.02. The summed E-state index contributed by atoms with van der Waals surface area (Å²) < 4.78 is 43.8. The summed E-state index contributed by atoms with van der Waals surface area (Å²) in [5.74, 6) is -1.00. The molecule has 400 valence electrons. The SMILES string of the molecule is CCC1(O)CC2CN(CCc3c([nH]c4ccccc34)C(C(=O)OC)(c3cc4c(cc3OC)N(C)C3C(O)(C(N)=O)C(O)C5(CC)C=CCN6CCC43C65)C2)C1.O=S(=O)(O)O.OCC(O)C(O)C(O)C(O)CO. The van der Waals surface area contributed by atoms with Crippen molar-refractivity contribution in [2.75, 3.05) is 72.1 Å². The van der Waals surface area contributed by atoms with Gasteiger partial charge in [-0.3, -0.25) is 28.5 Å². The van der Waals surface area contributed by atoms with Crippen molar-refractivity contribution in [2.45, 2.75) is 117 Å². The Balaban J connectivity index is 0.000000385. The smallest absolute Gasteiger partial charge is 0.394 e. The van der Waals surface area contributed by atoms with Gasteiger partial charge in [-0.05, 0) is 74.2 Å². The molecule has 1 spiro atoms. The Bertz CT molecular complexity index is 2620. The number of carbonyl (C=O) groups excluding carboxylic acids is 2. The molecule has 3 aromatic rings. The highest BCUT2D eigenvalue weighted by molar-refractivity contribution is 7.79. The lowest BCUT2D eigenvalue weighted by Gasteiger charge is -2.63. The van der Waals surface area contributed by atoms with Crippen molar-refractivity contribution in [3.8, 4) is 5.75 Å². The summed E-state index contributed by atoms with van der Waals surface area (Å²) in [7, 11) is 0.225. The van der Waals surface area contributed by atoms with Crippen LogP contribution in [0, 0.1) is 11.3 Å². The number of para-hydroxylation sites is 1. The summed E-state index contributed by atoms with van der Waals surface area (Å²) in [6.07, 6.45) is -0.613. The van der Waals surface area contributed by atoms with E-state index in [0.29, 0.717) is 69.5 Å². The fourth-order valence-electron chi connectivity index (χ4n) is 13.7. The first-order valence-corrected chi connectivity index (χ1v) is 25.6. The number of likely N-dealkylation sites (N-methyl/N-ethyl adjacent to an activating group) is 1. The highest BCUT2D eigenvalue weighted by atomic mass is 32.3. The van der Waals surface area contributed by atoms with Gasteiger partial charge in [0, 0.05) is 84.0 Å². The number of aromatic amines is 1. The lowest BCUT2D eigenvalue weighted by Crippen LogP contribution is -2.81. The molecule has 1 amide bonds. The van der Waals surface area contributed by atoms with Gasteiger partial charge in [0.25, 0.3) is 5.91 Å². The molecular formula is C49H71N5O17S. The molecule has 6 aliphatic rings. The molecule has 2 saturated heterocycles. The van der Waals surface area contributed by atoms with Crippen molar-refractivity contribution in [1.82, 2.24) is 14.8 Å². The number of nitrogens with two attached hydrogens (primary N) is 1. The van der Waals surface area contributed by atoms with Gasteiger partial charge < -0.3 is 71.1 Å². The largest absolute Gasteiger partial charge is 0.496 e. The predicted molar refractivity (Wildman–Crippen MR) is 260 cm³/mol. The molecule has 3 fully saturated rings. The number of benzene rings is 2. The Labute approximate surface area is 417 Å². The van der Waals surface area contributed by atoms with Gasteiger partial charge in [-0.1, -0.05) is 44.2 Å². The minimum atomic E-state index is -4.67. The first-order chi connectivity index (χ1) is 33.8. The number of methoxy groups -OCH3 is 2. The van der Waals surface area contributed by atoms with E-state index in [1.54, 1.807) is 7.11 Å². The molecule has 1 aromatic heterocycles. The van der Waals surface area contributed by atoms with Gasteiger partial charge in [0.1, 0.15) is 41.7 Å². The van der Waals surface area contributed by atoms with E-state index in [2.05, 4.69) is 26.9 Å².